The van der Waals surface area contributed by atoms with E-state index in [0.717, 1.165) is 19.4 Å². The van der Waals surface area contributed by atoms with Gasteiger partial charge in [-0.3, -0.25) is 4.79 Å². The van der Waals surface area contributed by atoms with E-state index in [1.165, 1.54) is 13.5 Å². The molecule has 0 amide bonds. The van der Waals surface area contributed by atoms with E-state index in [9.17, 15) is 4.79 Å². The lowest BCUT2D eigenvalue weighted by atomic mass is 9.74. The standard InChI is InChI=1S/C9H15NO2/c1-12-9(11)7-4-6-2-3-8(7)10-5-6/h6-8,10H,2-5H2,1H3/t6-,7?,8+/m1/s1. The van der Waals surface area contributed by atoms with E-state index in [-0.39, 0.29) is 11.9 Å². The van der Waals surface area contributed by atoms with Crippen molar-refractivity contribution in [1.82, 2.24) is 5.32 Å². The summed E-state index contributed by atoms with van der Waals surface area (Å²) in [5, 5.41) is 3.38. The van der Waals surface area contributed by atoms with Crippen LogP contribution >= 0.6 is 0 Å². The number of hydrogen-bond donors (Lipinski definition) is 1. The Morgan fingerprint density at radius 1 is 1.50 bits per heavy atom. The highest BCUT2D eigenvalue weighted by Gasteiger charge is 2.39. The molecule has 0 aromatic rings. The van der Waals surface area contributed by atoms with Crippen molar-refractivity contribution in [2.75, 3.05) is 13.7 Å². The van der Waals surface area contributed by atoms with Crippen LogP contribution in [0.4, 0.5) is 0 Å². The fraction of sp³-hybridized carbons (Fsp3) is 0.889. The van der Waals surface area contributed by atoms with Crippen molar-refractivity contribution in [3.63, 3.8) is 0 Å². The molecule has 0 radical (unpaired) electrons. The van der Waals surface area contributed by atoms with Gasteiger partial charge in [-0.2, -0.15) is 0 Å². The summed E-state index contributed by atoms with van der Waals surface area (Å²) in [6.07, 6.45) is 3.46. The molecule has 0 aromatic heterocycles. The van der Waals surface area contributed by atoms with Crippen LogP contribution in [0.15, 0.2) is 0 Å². The van der Waals surface area contributed by atoms with E-state index in [1.807, 2.05) is 0 Å². The van der Waals surface area contributed by atoms with Gasteiger partial charge < -0.3 is 10.1 Å². The highest BCUT2D eigenvalue weighted by Crippen LogP contribution is 2.34. The minimum atomic E-state index is -0.0306. The summed E-state index contributed by atoms with van der Waals surface area (Å²) in [6, 6.07) is 0.391. The first-order valence-corrected chi connectivity index (χ1v) is 4.62. The number of fused-ring (bicyclic) bond motifs is 3. The maximum atomic E-state index is 11.3. The van der Waals surface area contributed by atoms with Crippen LogP contribution in [0, 0.1) is 11.8 Å². The average Bonchev–Trinajstić information content (AvgIpc) is 2.18. The molecule has 3 nitrogen and oxygen atoms in total. The van der Waals surface area contributed by atoms with E-state index >= 15 is 0 Å². The fourth-order valence-electron chi connectivity index (χ4n) is 2.42. The molecule has 2 aliphatic heterocycles. The van der Waals surface area contributed by atoms with Gasteiger partial charge in [-0.05, 0) is 31.7 Å². The van der Waals surface area contributed by atoms with Gasteiger partial charge in [-0.1, -0.05) is 0 Å². The second-order valence-electron chi connectivity index (χ2n) is 3.82. The molecule has 3 aliphatic rings. The number of piperidine rings is 2. The number of ether oxygens (including phenoxy) is 1. The van der Waals surface area contributed by atoms with Gasteiger partial charge >= 0.3 is 5.97 Å². The highest BCUT2D eigenvalue weighted by atomic mass is 16.5. The molecular formula is C9H15NO2. The third-order valence-corrected chi connectivity index (χ3v) is 3.13. The summed E-state index contributed by atoms with van der Waals surface area (Å²) in [5.74, 6) is 0.804. The molecule has 3 atom stereocenters. The predicted molar refractivity (Wildman–Crippen MR) is 44.6 cm³/mol. The van der Waals surface area contributed by atoms with Gasteiger partial charge in [-0.25, -0.2) is 0 Å². The van der Waals surface area contributed by atoms with Gasteiger partial charge in [-0.15, -0.1) is 0 Å². The highest BCUT2D eigenvalue weighted by molar-refractivity contribution is 5.73. The molecular weight excluding hydrogens is 154 g/mol. The second kappa shape index (κ2) is 3.05. The molecule has 1 N–H and O–H groups in total. The van der Waals surface area contributed by atoms with Crippen LogP contribution in [0.2, 0.25) is 0 Å². The van der Waals surface area contributed by atoms with E-state index in [2.05, 4.69) is 5.32 Å². The first-order valence-electron chi connectivity index (χ1n) is 4.62. The van der Waals surface area contributed by atoms with Gasteiger partial charge in [0.15, 0.2) is 0 Å². The molecule has 1 unspecified atom stereocenters. The van der Waals surface area contributed by atoms with Crippen molar-refractivity contribution in [2.24, 2.45) is 11.8 Å². The Labute approximate surface area is 72.5 Å². The Morgan fingerprint density at radius 2 is 2.33 bits per heavy atom. The molecule has 0 aromatic carbocycles. The molecule has 3 rings (SSSR count). The third-order valence-electron chi connectivity index (χ3n) is 3.13. The monoisotopic (exact) mass is 169 g/mol. The number of rotatable bonds is 1. The third kappa shape index (κ3) is 1.22. The lowest BCUT2D eigenvalue weighted by molar-refractivity contribution is -0.149. The predicted octanol–water partition coefficient (Wildman–Crippen LogP) is 0.547. The zero-order valence-electron chi connectivity index (χ0n) is 7.38. The second-order valence-corrected chi connectivity index (χ2v) is 3.82. The van der Waals surface area contributed by atoms with Crippen molar-refractivity contribution in [1.29, 1.82) is 0 Å². The van der Waals surface area contributed by atoms with Gasteiger partial charge in [0.25, 0.3) is 0 Å². The van der Waals surface area contributed by atoms with Crippen LogP contribution < -0.4 is 5.32 Å². The minimum absolute atomic E-state index is 0.0306. The summed E-state index contributed by atoms with van der Waals surface area (Å²) >= 11 is 0. The zero-order chi connectivity index (χ0) is 8.55. The number of carbonyl (C=O) groups is 1. The maximum absolute atomic E-state index is 11.3. The molecule has 1 saturated carbocycles. The zero-order valence-corrected chi connectivity index (χ0v) is 7.38. The quantitative estimate of drug-likeness (QED) is 0.582. The van der Waals surface area contributed by atoms with Crippen molar-refractivity contribution in [3.8, 4) is 0 Å². The molecule has 3 heteroatoms. The molecule has 0 spiro atoms. The van der Waals surface area contributed by atoms with Crippen molar-refractivity contribution < 1.29 is 9.53 Å². The van der Waals surface area contributed by atoms with Crippen LogP contribution in [-0.2, 0) is 9.53 Å². The van der Waals surface area contributed by atoms with Crippen LogP contribution in [0.1, 0.15) is 19.3 Å². The molecule has 2 heterocycles. The van der Waals surface area contributed by atoms with Crippen molar-refractivity contribution in [2.45, 2.75) is 25.3 Å². The number of carbonyl (C=O) groups excluding carboxylic acids is 1. The number of nitrogens with one attached hydrogen (secondary N) is 1. The van der Waals surface area contributed by atoms with E-state index in [1.54, 1.807) is 0 Å². The lowest BCUT2D eigenvalue weighted by Gasteiger charge is -2.41. The van der Waals surface area contributed by atoms with E-state index in [4.69, 9.17) is 4.74 Å². The number of esters is 1. The van der Waals surface area contributed by atoms with Gasteiger partial charge in [0.2, 0.25) is 0 Å². The van der Waals surface area contributed by atoms with E-state index in [0.29, 0.717) is 12.0 Å². The first kappa shape index (κ1) is 8.05. The largest absolute Gasteiger partial charge is 0.469 e. The minimum Gasteiger partial charge on any atom is -0.469 e. The normalized spacial score (nSPS) is 39.6. The molecule has 2 bridgehead atoms. The Kier molecular flexibility index (Phi) is 2.05. The van der Waals surface area contributed by atoms with E-state index < -0.39 is 0 Å². The van der Waals surface area contributed by atoms with Crippen molar-refractivity contribution >= 4 is 5.97 Å². The molecule has 2 saturated heterocycles. The van der Waals surface area contributed by atoms with Gasteiger partial charge in [0.05, 0.1) is 13.0 Å². The summed E-state index contributed by atoms with van der Waals surface area (Å²) < 4.78 is 4.76. The first-order chi connectivity index (χ1) is 5.81. The lowest BCUT2D eigenvalue weighted by Crippen LogP contribution is -2.52. The average molecular weight is 169 g/mol. The van der Waals surface area contributed by atoms with Crippen molar-refractivity contribution in [3.05, 3.63) is 0 Å². The Balaban J connectivity index is 2.03. The number of methoxy groups -OCH3 is 1. The molecule has 12 heavy (non-hydrogen) atoms. The summed E-state index contributed by atoms with van der Waals surface area (Å²) in [7, 11) is 1.48. The fourth-order valence-corrected chi connectivity index (χ4v) is 2.42. The topological polar surface area (TPSA) is 38.3 Å². The Bertz CT molecular complexity index is 185. The molecule has 68 valence electrons. The Morgan fingerprint density at radius 3 is 2.75 bits per heavy atom. The van der Waals surface area contributed by atoms with Gasteiger partial charge in [0, 0.05) is 6.04 Å². The SMILES string of the molecule is COC(=O)C1C[C@H]2CC[C@@H]1NC2. The Hall–Kier alpha value is -0.570. The maximum Gasteiger partial charge on any atom is 0.310 e. The smallest absolute Gasteiger partial charge is 0.310 e. The summed E-state index contributed by atoms with van der Waals surface area (Å²) in [6.45, 7) is 1.10. The summed E-state index contributed by atoms with van der Waals surface area (Å²) in [5.41, 5.74) is 0. The van der Waals surface area contributed by atoms with Crippen LogP contribution in [0.3, 0.4) is 0 Å². The molecule has 3 fully saturated rings. The van der Waals surface area contributed by atoms with Crippen LogP contribution in [-0.4, -0.2) is 25.7 Å². The number of hydrogen-bond acceptors (Lipinski definition) is 3. The molecule has 1 aliphatic carbocycles. The van der Waals surface area contributed by atoms with Crippen LogP contribution in [0.25, 0.3) is 0 Å². The summed E-state index contributed by atoms with van der Waals surface area (Å²) in [4.78, 5) is 11.3. The van der Waals surface area contributed by atoms with Crippen LogP contribution in [0.5, 0.6) is 0 Å². The van der Waals surface area contributed by atoms with Gasteiger partial charge in [0.1, 0.15) is 0 Å².